The molecule has 0 radical (unpaired) electrons. The van der Waals surface area contributed by atoms with E-state index in [2.05, 4.69) is 24.0 Å². The largest absolute Gasteiger partial charge is 0.400 e. The zero-order valence-electron chi connectivity index (χ0n) is 19.2. The maximum atomic E-state index is 13.6. The van der Waals surface area contributed by atoms with Gasteiger partial charge in [0.1, 0.15) is 11.5 Å². The summed E-state index contributed by atoms with van der Waals surface area (Å²) < 4.78 is 13.6. The molecule has 174 valence electrons. The Morgan fingerprint density at radius 1 is 1.06 bits per heavy atom. The minimum absolute atomic E-state index is 0.0764. The number of aldehydes is 1. The van der Waals surface area contributed by atoms with Gasteiger partial charge in [-0.2, -0.15) is 0 Å². The fourth-order valence-corrected chi connectivity index (χ4v) is 2.58. The second-order valence-electron chi connectivity index (χ2n) is 6.88. The van der Waals surface area contributed by atoms with Crippen LogP contribution in [-0.4, -0.2) is 30.2 Å². The highest BCUT2D eigenvalue weighted by atomic mass is 19.1. The van der Waals surface area contributed by atoms with Crippen LogP contribution >= 0.6 is 0 Å². The van der Waals surface area contributed by atoms with Gasteiger partial charge in [-0.15, -0.1) is 4.91 Å². The average molecular weight is 447 g/mol. The van der Waals surface area contributed by atoms with Gasteiger partial charge in [-0.1, -0.05) is 52.0 Å². The molecule has 0 atom stereocenters. The molecule has 0 spiro atoms. The summed E-state index contributed by atoms with van der Waals surface area (Å²) in [6, 6.07) is 8.16. The van der Waals surface area contributed by atoms with Crippen molar-refractivity contribution in [2.75, 3.05) is 7.11 Å². The maximum absolute atomic E-state index is 13.6. The monoisotopic (exact) mass is 446 g/mol. The number of hydrogen-bond donors (Lipinski definition) is 3. The molecule has 2 aromatic rings. The zero-order chi connectivity index (χ0) is 24.5. The predicted molar refractivity (Wildman–Crippen MR) is 125 cm³/mol. The van der Waals surface area contributed by atoms with E-state index in [1.165, 1.54) is 56.4 Å². The van der Waals surface area contributed by atoms with Crippen molar-refractivity contribution in [3.63, 3.8) is 0 Å². The van der Waals surface area contributed by atoms with E-state index in [4.69, 9.17) is 10.8 Å². The number of nitrogens with one attached hydrogen (secondary N) is 1. The molecule has 7 nitrogen and oxygen atoms in total. The van der Waals surface area contributed by atoms with Gasteiger partial charge in [-0.25, -0.2) is 14.2 Å². The topological polar surface area (TPSA) is 124 Å². The van der Waals surface area contributed by atoms with Crippen LogP contribution in [0.5, 0.6) is 0 Å². The number of aryl methyl sites for hydroxylation is 1. The van der Waals surface area contributed by atoms with Crippen molar-refractivity contribution in [3.8, 4) is 0 Å². The van der Waals surface area contributed by atoms with Gasteiger partial charge < -0.3 is 5.11 Å². The van der Waals surface area contributed by atoms with Crippen LogP contribution in [0, 0.1) is 17.6 Å². The van der Waals surface area contributed by atoms with Gasteiger partial charge in [0.05, 0.1) is 16.7 Å². The molecule has 0 aliphatic carbocycles. The van der Waals surface area contributed by atoms with E-state index in [0.29, 0.717) is 11.8 Å². The molecule has 0 bridgehead atoms. The van der Waals surface area contributed by atoms with Gasteiger partial charge >= 0.3 is 5.91 Å². The average Bonchev–Trinajstić information content (AvgIpc) is 2.81. The molecule has 4 N–H and O–H groups in total. The Labute approximate surface area is 188 Å². The Balaban J connectivity index is 0.000000911. The van der Waals surface area contributed by atoms with Crippen LogP contribution in [0.25, 0.3) is 0 Å². The van der Waals surface area contributed by atoms with Crippen molar-refractivity contribution >= 4 is 23.7 Å². The predicted octanol–water partition coefficient (Wildman–Crippen LogP) is 3.56. The number of amides is 1. The quantitative estimate of drug-likeness (QED) is 0.188. The summed E-state index contributed by atoms with van der Waals surface area (Å²) in [4.78, 5) is 35.8. The number of hydrogen-bond acceptors (Lipinski definition) is 5. The first-order valence-corrected chi connectivity index (χ1v) is 10.4. The second kappa shape index (κ2) is 16.4. The van der Waals surface area contributed by atoms with Gasteiger partial charge in [0.15, 0.2) is 6.29 Å². The standard InChI is InChI=1S/C16H12FN3O3.C7H16.CH4O/c1-9-2-3-11(7-14(9)20-23)16(22)19-15(18)10-4-5-12(8-21)13(17)6-10;1-3-5-7-6-4-2;1-2/h2-8H,1H3,(H2,18,19,22);3-7H2,1-2H3;2H,1H3/p+1. The number of nitrogen functional groups attached to an aromatic ring is 1. The Bertz CT molecular complexity index is 910. The Morgan fingerprint density at radius 2 is 1.66 bits per heavy atom. The third-order valence-corrected chi connectivity index (χ3v) is 4.46. The lowest BCUT2D eigenvalue weighted by atomic mass is 10.1. The highest BCUT2D eigenvalue weighted by Gasteiger charge is 2.14. The van der Waals surface area contributed by atoms with Gasteiger partial charge in [0, 0.05) is 7.11 Å². The summed E-state index contributed by atoms with van der Waals surface area (Å²) >= 11 is 0. The van der Waals surface area contributed by atoms with Crippen LogP contribution in [0.15, 0.2) is 41.6 Å². The van der Waals surface area contributed by atoms with Gasteiger partial charge in [-0.05, 0) is 48.0 Å². The summed E-state index contributed by atoms with van der Waals surface area (Å²) in [6.07, 6.45) is 7.39. The number of carbonyl (C=O) groups is 2. The van der Waals surface area contributed by atoms with Crippen molar-refractivity contribution in [2.45, 2.75) is 52.9 Å². The molecule has 0 fully saturated rings. The van der Waals surface area contributed by atoms with Crippen LogP contribution in [0.3, 0.4) is 0 Å². The highest BCUT2D eigenvalue weighted by Crippen LogP contribution is 2.19. The van der Waals surface area contributed by atoms with E-state index in [9.17, 15) is 18.9 Å². The minimum atomic E-state index is -0.738. The van der Waals surface area contributed by atoms with Crippen molar-refractivity contribution in [1.29, 1.82) is 0 Å². The first-order chi connectivity index (χ1) is 15.4. The summed E-state index contributed by atoms with van der Waals surface area (Å²) in [5.41, 5.74) is 6.84. The van der Waals surface area contributed by atoms with Crippen molar-refractivity contribution in [2.24, 2.45) is 10.9 Å². The third kappa shape index (κ3) is 9.70. The van der Waals surface area contributed by atoms with Crippen LogP contribution in [-0.2, 0) is 0 Å². The van der Waals surface area contributed by atoms with Crippen LogP contribution in [0.1, 0.15) is 77.8 Å². The number of nitrogens with two attached hydrogens (primary N) is 1. The minimum Gasteiger partial charge on any atom is -0.400 e. The SMILES string of the molecule is CCCCCCC.CO.Cc1ccc(C(=O)[NH+]=C(N)c2ccc(C=O)c(F)c2)cc1N=O. The molecule has 0 aliphatic rings. The molecule has 0 unspecified atom stereocenters. The molecule has 0 aromatic heterocycles. The van der Waals surface area contributed by atoms with Gasteiger partial charge in [0.2, 0.25) is 0 Å². The number of benzene rings is 2. The molecule has 2 aromatic carbocycles. The lowest BCUT2D eigenvalue weighted by Crippen LogP contribution is -2.79. The summed E-state index contributed by atoms with van der Waals surface area (Å²) in [5.74, 6) is -1.38. The number of nitroso groups, excluding NO2 is 1. The Hall–Kier alpha value is -3.26. The van der Waals surface area contributed by atoms with Crippen LogP contribution in [0.2, 0.25) is 0 Å². The molecule has 0 saturated carbocycles. The molecular weight excluding hydrogens is 413 g/mol. The fraction of sp³-hybridized carbons (Fsp3) is 0.375. The summed E-state index contributed by atoms with van der Waals surface area (Å²) in [6.45, 7) is 6.18. The number of rotatable bonds is 8. The molecular formula is C24H33FN3O4+. The third-order valence-electron chi connectivity index (χ3n) is 4.46. The number of nitrogens with zero attached hydrogens (tertiary/aromatic N) is 1. The van der Waals surface area contributed by atoms with E-state index >= 15 is 0 Å². The highest BCUT2D eigenvalue weighted by molar-refractivity contribution is 5.98. The summed E-state index contributed by atoms with van der Waals surface area (Å²) in [7, 11) is 1.00. The van der Waals surface area contributed by atoms with E-state index < -0.39 is 11.7 Å². The lowest BCUT2D eigenvalue weighted by Gasteiger charge is -2.00. The van der Waals surface area contributed by atoms with E-state index in [-0.39, 0.29) is 28.2 Å². The molecule has 0 saturated heterocycles. The number of amidine groups is 1. The second-order valence-corrected chi connectivity index (χ2v) is 6.88. The number of aliphatic hydroxyl groups excluding tert-OH is 1. The molecule has 32 heavy (non-hydrogen) atoms. The van der Waals surface area contributed by atoms with E-state index in [0.717, 1.165) is 13.2 Å². The number of unbranched alkanes of at least 4 members (excludes halogenated alkanes) is 4. The number of carbonyl (C=O) groups excluding carboxylic acids is 2. The number of halogens is 1. The smallest absolute Gasteiger partial charge is 0.339 e. The molecule has 8 heteroatoms. The molecule has 2 rings (SSSR count). The van der Waals surface area contributed by atoms with E-state index in [1.54, 1.807) is 13.0 Å². The Morgan fingerprint density at radius 3 is 2.16 bits per heavy atom. The Kier molecular flexibility index (Phi) is 14.8. The van der Waals surface area contributed by atoms with Crippen molar-refractivity contribution in [3.05, 3.63) is 69.4 Å². The van der Waals surface area contributed by atoms with Gasteiger partial charge in [-0.3, -0.25) is 10.5 Å². The molecule has 0 aliphatic heterocycles. The van der Waals surface area contributed by atoms with Crippen molar-refractivity contribution in [1.82, 2.24) is 0 Å². The maximum Gasteiger partial charge on any atom is 0.339 e. The van der Waals surface area contributed by atoms with Crippen LogP contribution in [0.4, 0.5) is 10.1 Å². The van der Waals surface area contributed by atoms with E-state index in [1.807, 2.05) is 0 Å². The molecule has 0 heterocycles. The van der Waals surface area contributed by atoms with Crippen molar-refractivity contribution < 1.29 is 24.1 Å². The fourth-order valence-electron chi connectivity index (χ4n) is 2.58. The zero-order valence-corrected chi connectivity index (χ0v) is 19.2. The first-order valence-electron chi connectivity index (χ1n) is 10.4. The van der Waals surface area contributed by atoms with Gasteiger partial charge in [0.25, 0.3) is 5.84 Å². The lowest BCUT2D eigenvalue weighted by molar-refractivity contribution is -0.345. The molecule has 1 amide bonds. The van der Waals surface area contributed by atoms with Crippen LogP contribution < -0.4 is 10.7 Å². The summed E-state index contributed by atoms with van der Waals surface area (Å²) in [5, 5.41) is 9.83. The number of aliphatic hydroxyl groups is 1. The first kappa shape index (κ1) is 28.7. The normalized spacial score (nSPS) is 10.2.